The largest absolute Gasteiger partial charge is 0.506 e. The quantitative estimate of drug-likeness (QED) is 0.231. The number of nitrogens with zero attached hydrogens (tertiary/aromatic N) is 1. The number of halogens is 3. The van der Waals surface area contributed by atoms with Crippen LogP contribution in [0.25, 0.3) is 6.08 Å². The highest BCUT2D eigenvalue weighted by Gasteiger charge is 2.34. The second kappa shape index (κ2) is 7.75. The lowest BCUT2D eigenvalue weighted by molar-refractivity contribution is -0.122. The minimum Gasteiger partial charge on any atom is -0.506 e. The normalized spacial score (nSPS) is 16.2. The van der Waals surface area contributed by atoms with E-state index in [1.807, 2.05) is 28.7 Å². The Hall–Kier alpha value is -1.30. The second-order valence-electron chi connectivity index (χ2n) is 5.27. The molecule has 0 saturated carbocycles. The Morgan fingerprint density at radius 1 is 1.19 bits per heavy atom. The Morgan fingerprint density at radius 2 is 1.92 bits per heavy atom. The van der Waals surface area contributed by atoms with Gasteiger partial charge in [-0.1, -0.05) is 22.0 Å². The molecule has 0 atom stereocenters. The van der Waals surface area contributed by atoms with Crippen molar-refractivity contribution in [2.24, 2.45) is 0 Å². The molecule has 26 heavy (non-hydrogen) atoms. The standard InChI is InChI=1S/C17H9Br2IN2O3S/c18-9-2-1-3-10(7-9)22-16(25)11(15(24)21-17(22)26)4-8-5-12(19)14(23)13(20)6-8/h1-7,23H,(H,21,24,26)/b11-4-. The van der Waals surface area contributed by atoms with Gasteiger partial charge in [0.2, 0.25) is 0 Å². The first kappa shape index (κ1) is 19.5. The number of phenols is 1. The van der Waals surface area contributed by atoms with Gasteiger partial charge in [0.25, 0.3) is 11.8 Å². The number of nitrogens with one attached hydrogen (secondary N) is 1. The zero-order valence-electron chi connectivity index (χ0n) is 12.8. The zero-order chi connectivity index (χ0) is 19.0. The van der Waals surface area contributed by atoms with Crippen LogP contribution in [0.5, 0.6) is 5.75 Å². The van der Waals surface area contributed by atoms with Crippen molar-refractivity contribution in [3.8, 4) is 5.75 Å². The van der Waals surface area contributed by atoms with Gasteiger partial charge in [-0.3, -0.25) is 19.8 Å². The zero-order valence-corrected chi connectivity index (χ0v) is 18.9. The summed E-state index contributed by atoms with van der Waals surface area (Å²) in [5.41, 5.74) is 1.09. The molecule has 1 fully saturated rings. The van der Waals surface area contributed by atoms with E-state index in [4.69, 9.17) is 12.2 Å². The van der Waals surface area contributed by atoms with E-state index in [1.54, 1.807) is 30.3 Å². The SMILES string of the molecule is O=C1NC(=S)N(c2cccc(Br)c2)C(=O)/C1=C\c1cc(Br)c(O)c(I)c1. The molecule has 0 bridgehead atoms. The predicted molar refractivity (Wildman–Crippen MR) is 119 cm³/mol. The van der Waals surface area contributed by atoms with Gasteiger partial charge in [-0.15, -0.1) is 0 Å². The summed E-state index contributed by atoms with van der Waals surface area (Å²) < 4.78 is 1.84. The third-order valence-electron chi connectivity index (χ3n) is 3.52. The van der Waals surface area contributed by atoms with Crippen molar-refractivity contribution in [1.29, 1.82) is 0 Å². The number of anilines is 1. The summed E-state index contributed by atoms with van der Waals surface area (Å²) >= 11 is 13.8. The van der Waals surface area contributed by atoms with Crippen molar-refractivity contribution < 1.29 is 14.7 Å². The lowest BCUT2D eigenvalue weighted by atomic mass is 10.1. The fourth-order valence-corrected chi connectivity index (χ4v) is 4.51. The summed E-state index contributed by atoms with van der Waals surface area (Å²) in [6, 6.07) is 10.4. The highest BCUT2D eigenvalue weighted by Crippen LogP contribution is 2.32. The number of rotatable bonds is 2. The highest BCUT2D eigenvalue weighted by molar-refractivity contribution is 14.1. The van der Waals surface area contributed by atoms with Crippen LogP contribution >= 0.6 is 66.7 Å². The first-order valence-corrected chi connectivity index (χ1v) is 10.2. The van der Waals surface area contributed by atoms with E-state index in [2.05, 4.69) is 37.2 Å². The Balaban J connectivity index is 2.06. The number of thiocarbonyl (C=S) groups is 1. The number of benzene rings is 2. The van der Waals surface area contributed by atoms with Crippen molar-refractivity contribution in [2.45, 2.75) is 0 Å². The van der Waals surface area contributed by atoms with Crippen LogP contribution in [0.15, 0.2) is 50.9 Å². The monoisotopic (exact) mass is 606 g/mol. The van der Waals surface area contributed by atoms with E-state index in [0.717, 1.165) is 4.47 Å². The molecular formula is C17H9Br2IN2O3S. The number of carbonyl (C=O) groups is 2. The Bertz CT molecular complexity index is 971. The molecule has 132 valence electrons. The van der Waals surface area contributed by atoms with Crippen LogP contribution in [-0.4, -0.2) is 22.0 Å². The Morgan fingerprint density at radius 3 is 2.58 bits per heavy atom. The van der Waals surface area contributed by atoms with Crippen LogP contribution in [0.4, 0.5) is 5.69 Å². The van der Waals surface area contributed by atoms with Gasteiger partial charge in [-0.2, -0.15) is 0 Å². The van der Waals surface area contributed by atoms with E-state index in [0.29, 0.717) is 19.3 Å². The van der Waals surface area contributed by atoms with Crippen LogP contribution in [0.1, 0.15) is 5.56 Å². The Labute approximate surface area is 184 Å². The maximum atomic E-state index is 12.9. The van der Waals surface area contributed by atoms with Crippen LogP contribution in [0, 0.1) is 3.57 Å². The summed E-state index contributed by atoms with van der Waals surface area (Å²) in [4.78, 5) is 26.5. The van der Waals surface area contributed by atoms with Crippen molar-refractivity contribution in [3.63, 3.8) is 0 Å². The summed E-state index contributed by atoms with van der Waals surface area (Å²) in [6.45, 7) is 0. The van der Waals surface area contributed by atoms with Crippen LogP contribution in [0.3, 0.4) is 0 Å². The molecule has 2 aromatic carbocycles. The smallest absolute Gasteiger partial charge is 0.270 e. The number of amides is 2. The lowest BCUT2D eigenvalue weighted by Gasteiger charge is -2.29. The molecule has 0 spiro atoms. The molecule has 3 rings (SSSR count). The number of hydrogen-bond donors (Lipinski definition) is 2. The van der Waals surface area contributed by atoms with E-state index >= 15 is 0 Å². The molecule has 2 aromatic rings. The molecule has 1 aliphatic rings. The average molecular weight is 608 g/mol. The molecular weight excluding hydrogens is 599 g/mol. The summed E-state index contributed by atoms with van der Waals surface area (Å²) in [5, 5.41) is 12.4. The predicted octanol–water partition coefficient (Wildman–Crippen LogP) is 4.35. The molecule has 5 nitrogen and oxygen atoms in total. The summed E-state index contributed by atoms with van der Waals surface area (Å²) in [5.74, 6) is -0.981. The maximum Gasteiger partial charge on any atom is 0.270 e. The number of carbonyl (C=O) groups excluding carboxylic acids is 2. The van der Waals surface area contributed by atoms with Gasteiger partial charge >= 0.3 is 0 Å². The van der Waals surface area contributed by atoms with Crippen molar-refractivity contribution in [3.05, 3.63) is 60.1 Å². The molecule has 2 amide bonds. The molecule has 0 aliphatic carbocycles. The van der Waals surface area contributed by atoms with E-state index in [-0.39, 0.29) is 16.4 Å². The molecule has 1 saturated heterocycles. The van der Waals surface area contributed by atoms with Gasteiger partial charge in [0, 0.05) is 4.47 Å². The van der Waals surface area contributed by atoms with E-state index in [1.165, 1.54) is 11.0 Å². The second-order valence-corrected chi connectivity index (χ2v) is 8.59. The van der Waals surface area contributed by atoms with Gasteiger partial charge < -0.3 is 5.11 Å². The molecule has 0 aromatic heterocycles. The maximum absolute atomic E-state index is 12.9. The fourth-order valence-electron chi connectivity index (χ4n) is 2.34. The number of phenolic OH excluding ortho intramolecular Hbond substituents is 1. The Kier molecular flexibility index (Phi) is 5.80. The number of aromatic hydroxyl groups is 1. The van der Waals surface area contributed by atoms with Crippen molar-refractivity contribution >= 4 is 95.4 Å². The third kappa shape index (κ3) is 3.85. The van der Waals surface area contributed by atoms with Crippen LogP contribution in [-0.2, 0) is 9.59 Å². The first-order valence-electron chi connectivity index (χ1n) is 7.13. The highest BCUT2D eigenvalue weighted by atomic mass is 127. The van der Waals surface area contributed by atoms with E-state index in [9.17, 15) is 14.7 Å². The molecule has 1 heterocycles. The minimum absolute atomic E-state index is 0.0247. The molecule has 9 heteroatoms. The average Bonchev–Trinajstić information content (AvgIpc) is 2.56. The van der Waals surface area contributed by atoms with Crippen molar-refractivity contribution in [2.75, 3.05) is 4.90 Å². The summed E-state index contributed by atoms with van der Waals surface area (Å²) in [7, 11) is 0. The van der Waals surface area contributed by atoms with Crippen molar-refractivity contribution in [1.82, 2.24) is 5.32 Å². The van der Waals surface area contributed by atoms with Crippen LogP contribution < -0.4 is 10.2 Å². The van der Waals surface area contributed by atoms with Gasteiger partial charge in [-0.25, -0.2) is 0 Å². The van der Waals surface area contributed by atoms with Gasteiger partial charge in [0.15, 0.2) is 5.11 Å². The first-order chi connectivity index (χ1) is 12.3. The lowest BCUT2D eigenvalue weighted by Crippen LogP contribution is -2.54. The third-order valence-corrected chi connectivity index (χ3v) is 5.72. The topological polar surface area (TPSA) is 69.6 Å². The summed E-state index contributed by atoms with van der Waals surface area (Å²) in [6.07, 6.45) is 1.47. The molecule has 2 N–H and O–H groups in total. The van der Waals surface area contributed by atoms with Gasteiger partial charge in [0.05, 0.1) is 13.7 Å². The fraction of sp³-hybridized carbons (Fsp3) is 0. The number of hydrogen-bond acceptors (Lipinski definition) is 4. The van der Waals surface area contributed by atoms with Gasteiger partial charge in [-0.05, 0) is 92.7 Å². The molecule has 0 unspecified atom stereocenters. The minimum atomic E-state index is -0.564. The van der Waals surface area contributed by atoms with Gasteiger partial charge in [0.1, 0.15) is 11.3 Å². The molecule has 1 aliphatic heterocycles. The van der Waals surface area contributed by atoms with Crippen LogP contribution in [0.2, 0.25) is 0 Å². The molecule has 0 radical (unpaired) electrons. The van der Waals surface area contributed by atoms with E-state index < -0.39 is 11.8 Å².